The third-order valence-corrected chi connectivity index (χ3v) is 6.34. The lowest BCUT2D eigenvalue weighted by atomic mass is 9.84. The predicted molar refractivity (Wildman–Crippen MR) is 125 cm³/mol. The van der Waals surface area contributed by atoms with E-state index < -0.39 is 12.1 Å². The van der Waals surface area contributed by atoms with Crippen LogP contribution in [0.1, 0.15) is 37.0 Å². The zero-order chi connectivity index (χ0) is 22.9. The summed E-state index contributed by atoms with van der Waals surface area (Å²) in [6.45, 7) is 4.99. The van der Waals surface area contributed by atoms with E-state index in [1.54, 1.807) is 19.1 Å². The van der Waals surface area contributed by atoms with Crippen LogP contribution in [0.15, 0.2) is 54.1 Å². The maximum atomic E-state index is 14.7. The first kappa shape index (κ1) is 21.4. The molecule has 0 aromatic carbocycles. The highest BCUT2D eigenvalue weighted by atomic mass is 19.1. The molecule has 0 saturated heterocycles. The number of carbonyl (C=O) groups is 1. The summed E-state index contributed by atoms with van der Waals surface area (Å²) >= 11 is 0. The Morgan fingerprint density at radius 1 is 1.39 bits per heavy atom. The third-order valence-electron chi connectivity index (χ3n) is 6.34. The number of allylic oxidation sites excluding steroid dienone is 2. The summed E-state index contributed by atoms with van der Waals surface area (Å²) in [4.78, 5) is 24.0. The van der Waals surface area contributed by atoms with Crippen molar-refractivity contribution in [2.45, 2.75) is 38.9 Å². The maximum Gasteiger partial charge on any atom is 0.341 e. The molecule has 5 rings (SSSR count). The number of fused-ring (bicyclic) bond motifs is 4. The van der Waals surface area contributed by atoms with Crippen LogP contribution in [-0.4, -0.2) is 47.9 Å². The van der Waals surface area contributed by atoms with Gasteiger partial charge in [-0.25, -0.2) is 14.2 Å². The molecular formula is C25H27FN4O3. The Hall–Kier alpha value is -3.42. The molecule has 0 fully saturated rings. The summed E-state index contributed by atoms with van der Waals surface area (Å²) in [5.41, 5.74) is 3.19. The van der Waals surface area contributed by atoms with Crippen LogP contribution in [-0.2, 0) is 9.47 Å². The number of hydrogen-bond acceptors (Lipinski definition) is 7. The van der Waals surface area contributed by atoms with Gasteiger partial charge in [-0.3, -0.25) is 4.98 Å². The highest BCUT2D eigenvalue weighted by Gasteiger charge is 2.36. The fraction of sp³-hybridized carbons (Fsp3) is 0.400. The summed E-state index contributed by atoms with van der Waals surface area (Å²) in [5, 5.41) is 3.36. The second-order valence-corrected chi connectivity index (χ2v) is 8.39. The monoisotopic (exact) mass is 450 g/mol. The minimum absolute atomic E-state index is 0.0958. The Morgan fingerprint density at radius 3 is 3.12 bits per heavy atom. The van der Waals surface area contributed by atoms with Gasteiger partial charge in [-0.1, -0.05) is 13.0 Å². The number of pyridine rings is 2. The number of anilines is 2. The maximum absolute atomic E-state index is 14.7. The Balaban J connectivity index is 1.65. The molecule has 0 spiro atoms. The first-order valence-corrected chi connectivity index (χ1v) is 11.4. The average Bonchev–Trinajstić information content (AvgIpc) is 3.30. The average molecular weight is 451 g/mol. The Labute approximate surface area is 192 Å². The van der Waals surface area contributed by atoms with Gasteiger partial charge in [0.2, 0.25) is 0 Å². The Morgan fingerprint density at radius 2 is 2.27 bits per heavy atom. The molecule has 7 nitrogen and oxygen atoms in total. The predicted octanol–water partition coefficient (Wildman–Crippen LogP) is 4.53. The van der Waals surface area contributed by atoms with E-state index in [4.69, 9.17) is 14.5 Å². The van der Waals surface area contributed by atoms with E-state index in [0.717, 1.165) is 17.8 Å². The van der Waals surface area contributed by atoms with Crippen LogP contribution in [0.3, 0.4) is 0 Å². The van der Waals surface area contributed by atoms with Crippen molar-refractivity contribution in [3.8, 4) is 0 Å². The van der Waals surface area contributed by atoms with E-state index >= 15 is 0 Å². The van der Waals surface area contributed by atoms with Gasteiger partial charge >= 0.3 is 5.97 Å². The van der Waals surface area contributed by atoms with Crippen molar-refractivity contribution in [3.05, 3.63) is 59.7 Å². The highest BCUT2D eigenvalue weighted by Crippen LogP contribution is 2.38. The van der Waals surface area contributed by atoms with Crippen molar-refractivity contribution < 1.29 is 18.7 Å². The SMILES string of the molecule is CCOC(=O)c1cnc2ccc3nc2c1NCCCOC1=C(C(C)C(F)C=C1)[C@H]1CC=CN31. The second-order valence-electron chi connectivity index (χ2n) is 8.39. The molecular weight excluding hydrogens is 423 g/mol. The van der Waals surface area contributed by atoms with Crippen LogP contribution >= 0.6 is 0 Å². The van der Waals surface area contributed by atoms with Gasteiger partial charge < -0.3 is 19.7 Å². The molecule has 0 amide bonds. The fourth-order valence-corrected chi connectivity index (χ4v) is 4.68. The number of hydrogen-bond donors (Lipinski definition) is 1. The van der Waals surface area contributed by atoms with Crippen LogP contribution in [0.2, 0.25) is 0 Å². The minimum Gasteiger partial charge on any atom is -0.493 e. The van der Waals surface area contributed by atoms with E-state index in [1.807, 2.05) is 25.3 Å². The molecule has 3 atom stereocenters. The van der Waals surface area contributed by atoms with Crippen molar-refractivity contribution >= 4 is 28.5 Å². The molecule has 2 aliphatic heterocycles. The van der Waals surface area contributed by atoms with E-state index in [-0.39, 0.29) is 18.6 Å². The summed E-state index contributed by atoms with van der Waals surface area (Å²) in [6, 6.07) is 3.71. The fourth-order valence-electron chi connectivity index (χ4n) is 4.68. The molecule has 3 aliphatic rings. The van der Waals surface area contributed by atoms with E-state index in [0.29, 0.717) is 47.7 Å². The van der Waals surface area contributed by atoms with Gasteiger partial charge in [0.15, 0.2) is 0 Å². The Kier molecular flexibility index (Phi) is 5.74. The van der Waals surface area contributed by atoms with Crippen LogP contribution in [0.25, 0.3) is 11.0 Å². The number of nitrogens with one attached hydrogen (secondary N) is 1. The van der Waals surface area contributed by atoms with Crippen molar-refractivity contribution in [3.63, 3.8) is 0 Å². The summed E-state index contributed by atoms with van der Waals surface area (Å²) in [6.07, 6.45) is 9.29. The molecule has 2 aromatic heterocycles. The summed E-state index contributed by atoms with van der Waals surface area (Å²) < 4.78 is 26.1. The van der Waals surface area contributed by atoms with Crippen molar-refractivity contribution in [2.24, 2.45) is 5.92 Å². The lowest BCUT2D eigenvalue weighted by molar-refractivity contribution is 0.0527. The summed E-state index contributed by atoms with van der Waals surface area (Å²) in [7, 11) is 0. The first-order chi connectivity index (χ1) is 16.1. The van der Waals surface area contributed by atoms with Gasteiger partial charge in [0.25, 0.3) is 0 Å². The minimum atomic E-state index is -1.06. The molecule has 0 radical (unpaired) electrons. The molecule has 0 saturated carbocycles. The molecule has 2 unspecified atom stereocenters. The highest BCUT2D eigenvalue weighted by molar-refractivity contribution is 6.03. The quantitative estimate of drug-likeness (QED) is 0.674. The van der Waals surface area contributed by atoms with Crippen LogP contribution < -0.4 is 10.2 Å². The van der Waals surface area contributed by atoms with E-state index in [9.17, 15) is 9.18 Å². The second kappa shape index (κ2) is 8.84. The van der Waals surface area contributed by atoms with E-state index in [1.165, 1.54) is 6.20 Å². The molecule has 4 heterocycles. The van der Waals surface area contributed by atoms with Crippen LogP contribution in [0.5, 0.6) is 0 Å². The number of rotatable bonds is 2. The zero-order valence-corrected chi connectivity index (χ0v) is 18.8. The van der Waals surface area contributed by atoms with Crippen LogP contribution in [0.4, 0.5) is 15.9 Å². The van der Waals surface area contributed by atoms with Crippen molar-refractivity contribution in [1.29, 1.82) is 0 Å². The van der Waals surface area contributed by atoms with Crippen LogP contribution in [0, 0.1) is 5.92 Å². The largest absolute Gasteiger partial charge is 0.493 e. The molecule has 8 heteroatoms. The molecule has 2 bridgehead atoms. The smallest absolute Gasteiger partial charge is 0.341 e. The van der Waals surface area contributed by atoms with Crippen molar-refractivity contribution in [2.75, 3.05) is 30.0 Å². The number of aromatic nitrogens is 2. The molecule has 1 N–H and O–H groups in total. The summed E-state index contributed by atoms with van der Waals surface area (Å²) in [5.74, 6) is 0.706. The number of ether oxygens (including phenoxy) is 2. The van der Waals surface area contributed by atoms with Gasteiger partial charge in [0, 0.05) is 30.4 Å². The van der Waals surface area contributed by atoms with Gasteiger partial charge in [-0.2, -0.15) is 0 Å². The van der Waals surface area contributed by atoms with Gasteiger partial charge in [0.05, 0.1) is 30.5 Å². The number of esters is 1. The number of carbonyl (C=O) groups excluding carboxylic acids is 1. The van der Waals surface area contributed by atoms with Gasteiger partial charge in [-0.15, -0.1) is 0 Å². The standard InChI is InChI=1S/C25H27FN4O3/c1-3-32-25(31)16-14-28-18-8-10-21-29-24(18)23(16)27-11-5-13-33-20-9-7-17(26)15(2)22(20)19-6-4-12-30(19)21/h4,7-10,12,14-15,17,19,27H,3,5-6,11,13H2,1-2H3/t15?,17?,19-/m1/s1. The number of nitrogens with zero attached hydrogens (tertiary/aromatic N) is 3. The Bertz CT molecular complexity index is 1180. The van der Waals surface area contributed by atoms with E-state index in [2.05, 4.69) is 21.3 Å². The molecule has 172 valence electrons. The lowest BCUT2D eigenvalue weighted by Gasteiger charge is -2.34. The molecule has 33 heavy (non-hydrogen) atoms. The zero-order valence-electron chi connectivity index (χ0n) is 18.8. The third kappa shape index (κ3) is 3.83. The topological polar surface area (TPSA) is 76.6 Å². The van der Waals surface area contributed by atoms with Crippen molar-refractivity contribution in [1.82, 2.24) is 9.97 Å². The van der Waals surface area contributed by atoms with Gasteiger partial charge in [-0.05, 0) is 44.1 Å². The number of alkyl halides is 1. The first-order valence-electron chi connectivity index (χ1n) is 11.4. The molecule has 1 aliphatic carbocycles. The lowest BCUT2D eigenvalue weighted by Crippen LogP contribution is -2.36. The van der Waals surface area contributed by atoms with Gasteiger partial charge in [0.1, 0.15) is 28.8 Å². The normalized spacial score (nSPS) is 24.3. The number of halogens is 1. The molecule has 2 aromatic rings.